The number of nitrogens with one attached hydrogen (secondary N) is 1. The summed E-state index contributed by atoms with van der Waals surface area (Å²) in [5, 5.41) is 3.45. The van der Waals surface area contributed by atoms with Crippen LogP contribution in [0.4, 0.5) is 0 Å². The Morgan fingerprint density at radius 3 is 2.62 bits per heavy atom. The van der Waals surface area contributed by atoms with Crippen molar-refractivity contribution in [2.75, 3.05) is 13.2 Å². The average molecular weight is 417 g/mol. The number of aryl methyl sites for hydroxylation is 1. The molecule has 0 heterocycles. The smallest absolute Gasteiger partial charge is 0.261 e. The molecule has 0 fully saturated rings. The van der Waals surface area contributed by atoms with Crippen molar-refractivity contribution in [2.45, 2.75) is 46.2 Å². The van der Waals surface area contributed by atoms with Gasteiger partial charge in [-0.3, -0.25) is 9.59 Å². The normalized spacial score (nSPS) is 11.6. The number of amides is 2. The number of benzene rings is 2. The lowest BCUT2D eigenvalue weighted by Crippen LogP contribution is -2.49. The number of rotatable bonds is 10. The zero-order valence-electron chi connectivity index (χ0n) is 17.3. The fourth-order valence-electron chi connectivity index (χ4n) is 2.86. The molecule has 2 aromatic carbocycles. The Labute approximate surface area is 178 Å². The van der Waals surface area contributed by atoms with E-state index >= 15 is 0 Å². The van der Waals surface area contributed by atoms with E-state index in [1.165, 1.54) is 4.90 Å². The van der Waals surface area contributed by atoms with Crippen LogP contribution in [0, 0.1) is 6.92 Å². The molecular formula is C23H29ClN2O3. The molecule has 6 heteroatoms. The van der Waals surface area contributed by atoms with Crippen molar-refractivity contribution in [1.29, 1.82) is 0 Å². The fraction of sp³-hybridized carbons (Fsp3) is 0.391. The zero-order valence-corrected chi connectivity index (χ0v) is 18.0. The molecule has 1 unspecified atom stereocenters. The summed E-state index contributed by atoms with van der Waals surface area (Å²) in [5.74, 6) is 0.162. The molecule has 2 amide bonds. The molecule has 29 heavy (non-hydrogen) atoms. The van der Waals surface area contributed by atoms with Crippen molar-refractivity contribution in [3.05, 3.63) is 64.7 Å². The van der Waals surface area contributed by atoms with Crippen LogP contribution >= 0.6 is 11.6 Å². The summed E-state index contributed by atoms with van der Waals surface area (Å²) in [6.45, 7) is 6.42. The summed E-state index contributed by atoms with van der Waals surface area (Å²) in [4.78, 5) is 27.1. The lowest BCUT2D eigenvalue weighted by molar-refractivity contribution is -0.142. The highest BCUT2D eigenvalue weighted by atomic mass is 35.5. The molecule has 156 valence electrons. The van der Waals surface area contributed by atoms with Crippen LogP contribution in [0.3, 0.4) is 0 Å². The molecule has 0 radical (unpaired) electrons. The van der Waals surface area contributed by atoms with Crippen molar-refractivity contribution in [3.63, 3.8) is 0 Å². The van der Waals surface area contributed by atoms with Crippen LogP contribution in [0.25, 0.3) is 0 Å². The molecule has 0 saturated heterocycles. The highest BCUT2D eigenvalue weighted by Gasteiger charge is 2.26. The van der Waals surface area contributed by atoms with Gasteiger partial charge in [0.05, 0.1) is 0 Å². The number of nitrogens with zero attached hydrogens (tertiary/aromatic N) is 1. The van der Waals surface area contributed by atoms with Gasteiger partial charge in [0, 0.05) is 18.1 Å². The van der Waals surface area contributed by atoms with E-state index in [-0.39, 0.29) is 25.0 Å². The highest BCUT2D eigenvalue weighted by molar-refractivity contribution is 6.31. The standard InChI is InChI=1S/C23H29ClN2O3/c1-4-5-13-25-23(28)18(3)26(15-19-10-6-7-12-21(19)24)22(27)16-29-20-11-8-9-17(2)14-20/h6-12,14,18H,4-5,13,15-16H2,1-3H3,(H,25,28). The monoisotopic (exact) mass is 416 g/mol. The Morgan fingerprint density at radius 2 is 1.93 bits per heavy atom. The Hall–Kier alpha value is -2.53. The summed E-state index contributed by atoms with van der Waals surface area (Å²) in [7, 11) is 0. The lowest BCUT2D eigenvalue weighted by atomic mass is 10.1. The van der Waals surface area contributed by atoms with Crippen LogP contribution in [0.5, 0.6) is 5.75 Å². The van der Waals surface area contributed by atoms with E-state index in [0.29, 0.717) is 17.3 Å². The van der Waals surface area contributed by atoms with Crippen molar-refractivity contribution < 1.29 is 14.3 Å². The quantitative estimate of drug-likeness (QED) is 0.585. The van der Waals surface area contributed by atoms with E-state index in [9.17, 15) is 9.59 Å². The summed E-state index contributed by atoms with van der Waals surface area (Å²) in [6.07, 6.45) is 1.88. The molecule has 1 atom stereocenters. The van der Waals surface area contributed by atoms with Gasteiger partial charge in [0.25, 0.3) is 5.91 Å². The average Bonchev–Trinajstić information content (AvgIpc) is 2.71. The third kappa shape index (κ3) is 7.09. The van der Waals surface area contributed by atoms with Gasteiger partial charge in [0.2, 0.25) is 5.91 Å². The van der Waals surface area contributed by atoms with Gasteiger partial charge < -0.3 is 15.0 Å². The summed E-state index contributed by atoms with van der Waals surface area (Å²) >= 11 is 6.28. The molecule has 2 aromatic rings. The van der Waals surface area contributed by atoms with E-state index in [2.05, 4.69) is 12.2 Å². The minimum Gasteiger partial charge on any atom is -0.484 e. The van der Waals surface area contributed by atoms with Crippen LogP contribution in [-0.2, 0) is 16.1 Å². The lowest BCUT2D eigenvalue weighted by Gasteiger charge is -2.29. The van der Waals surface area contributed by atoms with Gasteiger partial charge in [-0.15, -0.1) is 0 Å². The maximum atomic E-state index is 13.0. The van der Waals surface area contributed by atoms with Crippen molar-refractivity contribution in [2.24, 2.45) is 0 Å². The van der Waals surface area contributed by atoms with Gasteiger partial charge in [-0.1, -0.05) is 55.3 Å². The van der Waals surface area contributed by atoms with Gasteiger partial charge >= 0.3 is 0 Å². The van der Waals surface area contributed by atoms with E-state index in [1.807, 2.05) is 43.3 Å². The zero-order chi connectivity index (χ0) is 21.2. The van der Waals surface area contributed by atoms with E-state index in [1.54, 1.807) is 19.1 Å². The van der Waals surface area contributed by atoms with Gasteiger partial charge in [-0.05, 0) is 49.6 Å². The molecule has 1 N–H and O–H groups in total. The van der Waals surface area contributed by atoms with Crippen LogP contribution < -0.4 is 10.1 Å². The van der Waals surface area contributed by atoms with Gasteiger partial charge in [-0.2, -0.15) is 0 Å². The van der Waals surface area contributed by atoms with Gasteiger partial charge in [-0.25, -0.2) is 0 Å². The molecule has 2 rings (SSSR count). The molecule has 0 spiro atoms. The van der Waals surface area contributed by atoms with Crippen molar-refractivity contribution in [3.8, 4) is 5.75 Å². The highest BCUT2D eigenvalue weighted by Crippen LogP contribution is 2.19. The third-order valence-corrected chi connectivity index (χ3v) is 5.02. The van der Waals surface area contributed by atoms with E-state index in [4.69, 9.17) is 16.3 Å². The summed E-state index contributed by atoms with van der Waals surface area (Å²) in [6, 6.07) is 14.2. The second kappa shape index (κ2) is 11.5. The predicted molar refractivity (Wildman–Crippen MR) is 116 cm³/mol. The van der Waals surface area contributed by atoms with Crippen molar-refractivity contribution in [1.82, 2.24) is 10.2 Å². The third-order valence-electron chi connectivity index (χ3n) is 4.65. The molecule has 5 nitrogen and oxygen atoms in total. The predicted octanol–water partition coefficient (Wildman–Crippen LogP) is 4.36. The Balaban J connectivity index is 2.12. The molecular weight excluding hydrogens is 388 g/mol. The largest absolute Gasteiger partial charge is 0.484 e. The van der Waals surface area contributed by atoms with E-state index < -0.39 is 6.04 Å². The van der Waals surface area contributed by atoms with Crippen molar-refractivity contribution >= 4 is 23.4 Å². The van der Waals surface area contributed by atoms with Crippen LogP contribution in [-0.4, -0.2) is 35.9 Å². The van der Waals surface area contributed by atoms with Crippen LogP contribution in [0.15, 0.2) is 48.5 Å². The molecule has 0 aliphatic heterocycles. The Kier molecular flexibility index (Phi) is 9.00. The Morgan fingerprint density at radius 1 is 1.17 bits per heavy atom. The first kappa shape index (κ1) is 22.8. The summed E-state index contributed by atoms with van der Waals surface area (Å²) < 4.78 is 5.67. The van der Waals surface area contributed by atoms with Crippen LogP contribution in [0.1, 0.15) is 37.8 Å². The number of hydrogen-bond acceptors (Lipinski definition) is 3. The van der Waals surface area contributed by atoms with Gasteiger partial charge in [0.1, 0.15) is 11.8 Å². The maximum absolute atomic E-state index is 13.0. The number of carbonyl (C=O) groups excluding carboxylic acids is 2. The topological polar surface area (TPSA) is 58.6 Å². The number of ether oxygens (including phenoxy) is 1. The first-order valence-electron chi connectivity index (χ1n) is 9.92. The molecule has 0 bridgehead atoms. The van der Waals surface area contributed by atoms with E-state index in [0.717, 1.165) is 24.0 Å². The second-order valence-electron chi connectivity index (χ2n) is 7.04. The number of unbranched alkanes of at least 4 members (excludes halogenated alkanes) is 1. The second-order valence-corrected chi connectivity index (χ2v) is 7.45. The molecule has 0 saturated carbocycles. The molecule has 0 aromatic heterocycles. The Bertz CT molecular complexity index is 825. The molecule has 0 aliphatic rings. The van der Waals surface area contributed by atoms with Gasteiger partial charge in [0.15, 0.2) is 6.61 Å². The fourth-order valence-corrected chi connectivity index (χ4v) is 3.06. The summed E-state index contributed by atoms with van der Waals surface area (Å²) in [5.41, 5.74) is 1.83. The number of carbonyl (C=O) groups is 2. The van der Waals surface area contributed by atoms with Crippen LogP contribution in [0.2, 0.25) is 5.02 Å². The minimum absolute atomic E-state index is 0.152. The minimum atomic E-state index is -0.642. The molecule has 0 aliphatic carbocycles. The number of hydrogen-bond donors (Lipinski definition) is 1. The number of halogens is 1. The first-order valence-corrected chi connectivity index (χ1v) is 10.3. The first-order chi connectivity index (χ1) is 13.9. The SMILES string of the molecule is CCCCNC(=O)C(C)N(Cc1ccccc1Cl)C(=O)COc1cccc(C)c1. The maximum Gasteiger partial charge on any atom is 0.261 e.